The van der Waals surface area contributed by atoms with Crippen LogP contribution in [0.25, 0.3) is 0 Å². The van der Waals surface area contributed by atoms with Crippen molar-refractivity contribution in [1.29, 1.82) is 0 Å². The molecule has 1 amide bonds. The number of nitrogens with one attached hydrogen (secondary N) is 1. The first-order chi connectivity index (χ1) is 13.6. The summed E-state index contributed by atoms with van der Waals surface area (Å²) in [5.41, 5.74) is 2.35. The number of aryl methyl sites for hydroxylation is 2. The lowest BCUT2D eigenvalue weighted by Gasteiger charge is -2.25. The number of benzene rings is 2. The minimum atomic E-state index is -3.85. The molecule has 1 N–H and O–H groups in total. The van der Waals surface area contributed by atoms with Gasteiger partial charge in [0.2, 0.25) is 5.91 Å². The number of carbonyl (C=O) groups is 1. The molecule has 0 fully saturated rings. The van der Waals surface area contributed by atoms with Gasteiger partial charge in [0.25, 0.3) is 10.0 Å². The van der Waals surface area contributed by atoms with Gasteiger partial charge in [0.15, 0.2) is 0 Å². The van der Waals surface area contributed by atoms with Crippen LogP contribution in [0.2, 0.25) is 0 Å². The molecular weight excluding hydrogens is 456 g/mol. The van der Waals surface area contributed by atoms with Gasteiger partial charge in [-0.05, 0) is 61.4 Å². The van der Waals surface area contributed by atoms with Gasteiger partial charge in [-0.3, -0.25) is 9.10 Å². The van der Waals surface area contributed by atoms with Crippen molar-refractivity contribution in [3.63, 3.8) is 0 Å². The van der Waals surface area contributed by atoms with Crippen LogP contribution in [0.5, 0.6) is 5.75 Å². The lowest BCUT2D eigenvalue weighted by molar-refractivity contribution is -0.120. The molecule has 156 valence electrons. The zero-order chi connectivity index (χ0) is 21.6. The summed E-state index contributed by atoms with van der Waals surface area (Å²) in [5, 5.41) is 2.69. The number of rotatable bonds is 9. The molecule has 0 aromatic heterocycles. The van der Waals surface area contributed by atoms with Crippen molar-refractivity contribution in [1.82, 2.24) is 5.32 Å². The molecule has 0 unspecified atom stereocenters. The van der Waals surface area contributed by atoms with E-state index in [4.69, 9.17) is 4.74 Å². The van der Waals surface area contributed by atoms with Crippen LogP contribution in [0.15, 0.2) is 58.4 Å². The van der Waals surface area contributed by atoms with Gasteiger partial charge in [0.05, 0.1) is 17.7 Å². The van der Waals surface area contributed by atoms with Crippen LogP contribution in [0.3, 0.4) is 0 Å². The number of methoxy groups -OCH3 is 1. The summed E-state index contributed by atoms with van der Waals surface area (Å²) >= 11 is 3.18. The van der Waals surface area contributed by atoms with E-state index in [1.165, 1.54) is 4.31 Å². The van der Waals surface area contributed by atoms with Crippen LogP contribution < -0.4 is 14.4 Å². The van der Waals surface area contributed by atoms with Crippen LogP contribution in [0, 0.1) is 13.8 Å². The van der Waals surface area contributed by atoms with Crippen molar-refractivity contribution in [3.8, 4) is 5.75 Å². The number of ether oxygens (including phenoxy) is 1. The van der Waals surface area contributed by atoms with E-state index < -0.39 is 10.0 Å². The monoisotopic (exact) mass is 480 g/mol. The first-order valence-corrected chi connectivity index (χ1v) is 11.2. The molecule has 2 aromatic carbocycles. The minimum absolute atomic E-state index is 0.00216. The largest absolute Gasteiger partial charge is 0.497 e. The van der Waals surface area contributed by atoms with Crippen LogP contribution in [0.1, 0.15) is 17.5 Å². The second-order valence-electron chi connectivity index (χ2n) is 6.57. The third kappa shape index (κ3) is 6.08. The van der Waals surface area contributed by atoms with Crippen molar-refractivity contribution in [2.45, 2.75) is 25.2 Å². The zero-order valence-electron chi connectivity index (χ0n) is 16.7. The van der Waals surface area contributed by atoms with E-state index in [0.717, 1.165) is 11.1 Å². The molecule has 0 heterocycles. The molecular formula is C21H25BrN2O4S. The average Bonchev–Trinajstić information content (AvgIpc) is 2.68. The molecule has 0 saturated heterocycles. The number of carbonyl (C=O) groups excluding carboxylic acids is 1. The normalized spacial score (nSPS) is 11.0. The molecule has 29 heavy (non-hydrogen) atoms. The van der Waals surface area contributed by atoms with Crippen LogP contribution in [0.4, 0.5) is 5.69 Å². The fourth-order valence-corrected chi connectivity index (χ4v) is 4.32. The minimum Gasteiger partial charge on any atom is -0.497 e. The summed E-state index contributed by atoms with van der Waals surface area (Å²) in [6.07, 6.45) is 0.0103. The second kappa shape index (κ2) is 9.93. The summed E-state index contributed by atoms with van der Waals surface area (Å²) in [7, 11) is -2.31. The zero-order valence-corrected chi connectivity index (χ0v) is 19.1. The molecule has 8 heteroatoms. The molecule has 2 rings (SSSR count). The molecule has 0 aliphatic heterocycles. The Balaban J connectivity index is 2.35. The molecule has 6 nitrogen and oxygen atoms in total. The van der Waals surface area contributed by atoms with Crippen molar-refractivity contribution >= 4 is 37.5 Å². The van der Waals surface area contributed by atoms with Gasteiger partial charge in [0, 0.05) is 24.0 Å². The van der Waals surface area contributed by atoms with E-state index in [1.54, 1.807) is 49.6 Å². The highest BCUT2D eigenvalue weighted by atomic mass is 79.9. The number of amides is 1. The van der Waals surface area contributed by atoms with E-state index in [9.17, 15) is 13.2 Å². The number of sulfonamides is 1. The van der Waals surface area contributed by atoms with E-state index in [-0.39, 0.29) is 30.3 Å². The lowest BCUT2D eigenvalue weighted by Crippen LogP contribution is -2.35. The average molecular weight is 481 g/mol. The highest BCUT2D eigenvalue weighted by Crippen LogP contribution is 2.27. The first kappa shape index (κ1) is 23.0. The third-order valence-corrected chi connectivity index (χ3v) is 6.55. The Hall–Kier alpha value is -2.32. The van der Waals surface area contributed by atoms with Crippen molar-refractivity contribution in [2.75, 3.05) is 24.5 Å². The molecule has 0 aliphatic rings. The van der Waals surface area contributed by atoms with Gasteiger partial charge in [-0.2, -0.15) is 0 Å². The smallest absolute Gasteiger partial charge is 0.264 e. The number of hydrogen-bond donors (Lipinski definition) is 1. The number of anilines is 1. The summed E-state index contributed by atoms with van der Waals surface area (Å²) in [4.78, 5) is 12.3. The van der Waals surface area contributed by atoms with Gasteiger partial charge >= 0.3 is 0 Å². The van der Waals surface area contributed by atoms with E-state index in [1.807, 2.05) is 13.8 Å². The first-order valence-electron chi connectivity index (χ1n) is 8.99. The van der Waals surface area contributed by atoms with Gasteiger partial charge in [-0.15, -0.1) is 0 Å². The molecule has 0 radical (unpaired) electrons. The van der Waals surface area contributed by atoms with E-state index >= 15 is 0 Å². The quantitative estimate of drug-likeness (QED) is 0.589. The molecule has 0 saturated carbocycles. The number of nitrogens with zero attached hydrogens (tertiary/aromatic N) is 1. The maximum Gasteiger partial charge on any atom is 0.264 e. The van der Waals surface area contributed by atoms with Crippen LogP contribution >= 0.6 is 15.9 Å². The second-order valence-corrected chi connectivity index (χ2v) is 9.55. The van der Waals surface area contributed by atoms with E-state index in [2.05, 4.69) is 27.8 Å². The van der Waals surface area contributed by atoms with Crippen LogP contribution in [-0.2, 0) is 14.8 Å². The highest BCUT2D eigenvalue weighted by molar-refractivity contribution is 9.11. The highest BCUT2D eigenvalue weighted by Gasteiger charge is 2.26. The van der Waals surface area contributed by atoms with Gasteiger partial charge in [-0.1, -0.05) is 28.6 Å². The Kier molecular flexibility index (Phi) is 7.87. The van der Waals surface area contributed by atoms with Gasteiger partial charge in [-0.25, -0.2) is 8.42 Å². The third-order valence-electron chi connectivity index (χ3n) is 4.45. The lowest BCUT2D eigenvalue weighted by atomic mass is 10.1. The summed E-state index contributed by atoms with van der Waals surface area (Å²) in [5.74, 6) is 0.352. The summed E-state index contributed by atoms with van der Waals surface area (Å²) in [6, 6.07) is 11.7. The number of halogens is 1. The standard InChI is InChI=1S/C21H25BrN2O4S/c1-15-5-10-20(13-16(15)2)29(26,27)24(12-11-21(25)23-14-17(3)22)18-6-8-19(28-4)9-7-18/h5-10,13H,3,11-12,14H2,1-2,4H3,(H,23,25). The summed E-state index contributed by atoms with van der Waals surface area (Å²) < 4.78 is 33.8. The van der Waals surface area contributed by atoms with Crippen molar-refractivity contribution in [3.05, 3.63) is 64.7 Å². The Morgan fingerprint density at radius 2 is 1.79 bits per heavy atom. The fraction of sp³-hybridized carbons (Fsp3) is 0.286. The predicted octanol–water partition coefficient (Wildman–Crippen LogP) is 3.92. The summed E-state index contributed by atoms with van der Waals surface area (Å²) in [6.45, 7) is 7.74. The van der Waals surface area contributed by atoms with Gasteiger partial charge in [0.1, 0.15) is 5.75 Å². The SMILES string of the molecule is C=C(Br)CNC(=O)CCN(c1ccc(OC)cc1)S(=O)(=O)c1ccc(C)c(C)c1. The maximum atomic E-state index is 13.4. The maximum absolute atomic E-state index is 13.4. The molecule has 0 aliphatic carbocycles. The molecule has 2 aromatic rings. The fourth-order valence-electron chi connectivity index (χ4n) is 2.62. The topological polar surface area (TPSA) is 75.7 Å². The molecule has 0 spiro atoms. The van der Waals surface area contributed by atoms with Crippen LogP contribution in [-0.4, -0.2) is 34.5 Å². The Morgan fingerprint density at radius 3 is 2.34 bits per heavy atom. The Morgan fingerprint density at radius 1 is 1.14 bits per heavy atom. The van der Waals surface area contributed by atoms with Crippen molar-refractivity contribution in [2.24, 2.45) is 0 Å². The Labute approximate surface area is 180 Å². The molecule has 0 atom stereocenters. The molecule has 0 bridgehead atoms. The van der Waals surface area contributed by atoms with E-state index in [0.29, 0.717) is 15.9 Å². The van der Waals surface area contributed by atoms with Gasteiger partial charge < -0.3 is 10.1 Å². The number of hydrogen-bond acceptors (Lipinski definition) is 4. The Bertz CT molecular complexity index is 988. The van der Waals surface area contributed by atoms with Crippen molar-refractivity contribution < 1.29 is 17.9 Å². The predicted molar refractivity (Wildman–Crippen MR) is 119 cm³/mol.